The van der Waals surface area contributed by atoms with Crippen molar-refractivity contribution in [3.8, 4) is 0 Å². The van der Waals surface area contributed by atoms with E-state index in [1.165, 1.54) is 6.92 Å². The van der Waals surface area contributed by atoms with E-state index in [0.29, 0.717) is 0 Å². The Labute approximate surface area is 126 Å². The van der Waals surface area contributed by atoms with Gasteiger partial charge in [-0.2, -0.15) is 0 Å². The zero-order chi connectivity index (χ0) is 17.0. The quantitative estimate of drug-likeness (QED) is 0.565. The van der Waals surface area contributed by atoms with Gasteiger partial charge in [0.1, 0.15) is 0 Å². The maximum absolute atomic E-state index is 11.2. The molecule has 1 rings (SSSR count). The van der Waals surface area contributed by atoms with Gasteiger partial charge in [-0.1, -0.05) is 0 Å². The van der Waals surface area contributed by atoms with Crippen molar-refractivity contribution in [1.82, 2.24) is 0 Å². The number of rotatable bonds is 4. The van der Waals surface area contributed by atoms with Crippen LogP contribution in [-0.2, 0) is 38.1 Å². The summed E-state index contributed by atoms with van der Waals surface area (Å²) in [5.41, 5.74) is 0. The summed E-state index contributed by atoms with van der Waals surface area (Å²) in [7, 11) is 0. The summed E-state index contributed by atoms with van der Waals surface area (Å²) in [6, 6.07) is 0. The number of hydrogen-bond acceptors (Lipinski definition) is 8. The van der Waals surface area contributed by atoms with Gasteiger partial charge in [-0.25, -0.2) is 0 Å². The molecule has 0 fully saturated rings. The molecule has 0 N–H and O–H groups in total. The molecule has 8 nitrogen and oxygen atoms in total. The molecule has 0 radical (unpaired) electrons. The monoisotopic (exact) mass is 312 g/mol. The van der Waals surface area contributed by atoms with E-state index in [0.717, 1.165) is 27.7 Å². The minimum Gasteiger partial charge on any atom is -0.426 e. The summed E-state index contributed by atoms with van der Waals surface area (Å²) in [5, 5.41) is 0. The number of hydrogen-bond donors (Lipinski definition) is 0. The molecule has 1 aliphatic rings. The van der Waals surface area contributed by atoms with Gasteiger partial charge in [0.25, 0.3) is 0 Å². The third-order valence-corrected chi connectivity index (χ3v) is 2.44. The summed E-state index contributed by atoms with van der Waals surface area (Å²) >= 11 is 0. The molecule has 0 aromatic heterocycles. The molecular formula is C14H16O8. The molecule has 0 amide bonds. The van der Waals surface area contributed by atoms with Gasteiger partial charge < -0.3 is 18.9 Å². The standard InChI is InChI=1S/C14H16O8/c1-6-11(19-7(2)15)13(21-9(4)17)14(22-10(5)18)12(6)20-8(3)16/h6H,1-5H3. The fourth-order valence-corrected chi connectivity index (χ4v) is 1.80. The van der Waals surface area contributed by atoms with Crippen LogP contribution in [0, 0.1) is 5.92 Å². The molecule has 1 aliphatic carbocycles. The van der Waals surface area contributed by atoms with Crippen LogP contribution in [0.3, 0.4) is 0 Å². The Morgan fingerprint density at radius 2 is 0.909 bits per heavy atom. The van der Waals surface area contributed by atoms with Crippen LogP contribution in [0.15, 0.2) is 23.0 Å². The minimum absolute atomic E-state index is 0.0739. The lowest BCUT2D eigenvalue weighted by Gasteiger charge is -2.12. The summed E-state index contributed by atoms with van der Waals surface area (Å²) in [4.78, 5) is 44.9. The van der Waals surface area contributed by atoms with Crippen LogP contribution >= 0.6 is 0 Å². The van der Waals surface area contributed by atoms with E-state index in [9.17, 15) is 19.2 Å². The highest BCUT2D eigenvalue weighted by atomic mass is 16.6. The third-order valence-electron chi connectivity index (χ3n) is 2.44. The van der Waals surface area contributed by atoms with E-state index in [4.69, 9.17) is 18.9 Å². The van der Waals surface area contributed by atoms with E-state index in [1.54, 1.807) is 0 Å². The van der Waals surface area contributed by atoms with Gasteiger partial charge in [-0.05, 0) is 6.92 Å². The van der Waals surface area contributed by atoms with E-state index >= 15 is 0 Å². The molecule has 0 aromatic carbocycles. The normalized spacial score (nSPS) is 14.8. The smallest absolute Gasteiger partial charge is 0.308 e. The van der Waals surface area contributed by atoms with Crippen molar-refractivity contribution in [3.63, 3.8) is 0 Å². The highest BCUT2D eigenvalue weighted by Gasteiger charge is 2.40. The van der Waals surface area contributed by atoms with Crippen LogP contribution in [0.25, 0.3) is 0 Å². The zero-order valence-corrected chi connectivity index (χ0v) is 12.8. The van der Waals surface area contributed by atoms with Crippen molar-refractivity contribution >= 4 is 23.9 Å². The first-order valence-corrected chi connectivity index (χ1v) is 6.35. The summed E-state index contributed by atoms with van der Waals surface area (Å²) < 4.78 is 19.9. The Morgan fingerprint density at radius 1 is 0.636 bits per heavy atom. The Morgan fingerprint density at radius 3 is 1.14 bits per heavy atom. The van der Waals surface area contributed by atoms with Crippen LogP contribution in [0.5, 0.6) is 0 Å². The molecule has 120 valence electrons. The predicted octanol–water partition coefficient (Wildman–Crippen LogP) is 1.31. The van der Waals surface area contributed by atoms with Gasteiger partial charge in [0, 0.05) is 27.7 Å². The molecule has 0 spiro atoms. The summed E-state index contributed by atoms with van der Waals surface area (Å²) in [5.74, 6) is -4.21. The zero-order valence-electron chi connectivity index (χ0n) is 12.8. The van der Waals surface area contributed by atoms with Crippen molar-refractivity contribution < 1.29 is 38.1 Å². The van der Waals surface area contributed by atoms with Gasteiger partial charge in [-0.15, -0.1) is 0 Å². The van der Waals surface area contributed by atoms with Crippen molar-refractivity contribution in [2.75, 3.05) is 0 Å². The van der Waals surface area contributed by atoms with Crippen LogP contribution in [0.4, 0.5) is 0 Å². The summed E-state index contributed by atoms with van der Waals surface area (Å²) in [6.45, 7) is 6.09. The van der Waals surface area contributed by atoms with Crippen molar-refractivity contribution in [3.05, 3.63) is 23.0 Å². The average Bonchev–Trinajstić information content (AvgIpc) is 2.54. The average molecular weight is 312 g/mol. The first-order valence-electron chi connectivity index (χ1n) is 6.35. The van der Waals surface area contributed by atoms with Gasteiger partial charge in [0.05, 0.1) is 5.92 Å². The lowest BCUT2D eigenvalue weighted by atomic mass is 10.1. The van der Waals surface area contributed by atoms with E-state index in [2.05, 4.69) is 0 Å². The molecule has 0 unspecified atom stereocenters. The molecule has 8 heteroatoms. The molecule has 0 saturated carbocycles. The largest absolute Gasteiger partial charge is 0.426 e. The van der Waals surface area contributed by atoms with Gasteiger partial charge in [-0.3, -0.25) is 19.2 Å². The maximum atomic E-state index is 11.2. The number of carbonyl (C=O) groups excluding carboxylic acids is 4. The van der Waals surface area contributed by atoms with Crippen molar-refractivity contribution in [1.29, 1.82) is 0 Å². The van der Waals surface area contributed by atoms with E-state index in [1.807, 2.05) is 0 Å². The molecule has 0 saturated heterocycles. The first kappa shape index (κ1) is 17.4. The van der Waals surface area contributed by atoms with Gasteiger partial charge >= 0.3 is 23.9 Å². The first-order chi connectivity index (χ1) is 10.1. The maximum Gasteiger partial charge on any atom is 0.308 e. The van der Waals surface area contributed by atoms with Crippen LogP contribution in [0.1, 0.15) is 34.6 Å². The molecule has 22 heavy (non-hydrogen) atoms. The van der Waals surface area contributed by atoms with Crippen molar-refractivity contribution in [2.45, 2.75) is 34.6 Å². The lowest BCUT2D eigenvalue weighted by molar-refractivity contribution is -0.143. The van der Waals surface area contributed by atoms with E-state index < -0.39 is 29.8 Å². The minimum atomic E-state index is -0.753. The molecule has 0 atom stereocenters. The van der Waals surface area contributed by atoms with Crippen LogP contribution in [-0.4, -0.2) is 23.9 Å². The Balaban J connectivity index is 3.39. The fourth-order valence-electron chi connectivity index (χ4n) is 1.80. The van der Waals surface area contributed by atoms with E-state index in [-0.39, 0.29) is 23.0 Å². The summed E-state index contributed by atoms with van der Waals surface area (Å²) in [6.07, 6.45) is 0. The van der Waals surface area contributed by atoms with Gasteiger partial charge in [0.15, 0.2) is 11.5 Å². The Hall–Kier alpha value is -2.64. The number of ether oxygens (including phenoxy) is 4. The Bertz CT molecular complexity index is 544. The fraction of sp³-hybridized carbons (Fsp3) is 0.429. The molecule has 0 bridgehead atoms. The lowest BCUT2D eigenvalue weighted by Crippen LogP contribution is -2.11. The number of esters is 4. The number of carbonyl (C=O) groups is 4. The molecule has 0 aliphatic heterocycles. The highest BCUT2D eigenvalue weighted by molar-refractivity contribution is 5.74. The van der Waals surface area contributed by atoms with Gasteiger partial charge in [0.2, 0.25) is 11.5 Å². The van der Waals surface area contributed by atoms with Crippen molar-refractivity contribution in [2.24, 2.45) is 5.92 Å². The van der Waals surface area contributed by atoms with Crippen LogP contribution < -0.4 is 0 Å². The second-order valence-electron chi connectivity index (χ2n) is 4.48. The SMILES string of the molecule is CC(=O)OC1=C(OC(C)=O)C(C)C(OC(C)=O)=C1OC(C)=O. The topological polar surface area (TPSA) is 105 Å². The van der Waals surface area contributed by atoms with Crippen LogP contribution in [0.2, 0.25) is 0 Å². The molecule has 0 heterocycles. The predicted molar refractivity (Wildman–Crippen MR) is 70.3 cm³/mol. The third kappa shape index (κ3) is 4.18. The second-order valence-corrected chi connectivity index (χ2v) is 4.48. The molecular weight excluding hydrogens is 296 g/mol. The Kier molecular flexibility index (Phi) is 5.44. The highest BCUT2D eigenvalue weighted by Crippen LogP contribution is 2.40. The molecule has 0 aromatic rings. The second kappa shape index (κ2) is 6.88.